The van der Waals surface area contributed by atoms with Gasteiger partial charge < -0.3 is 4.74 Å². The molecule has 0 aliphatic carbocycles. The van der Waals surface area contributed by atoms with Gasteiger partial charge in [0, 0.05) is 11.1 Å². The van der Waals surface area contributed by atoms with Crippen molar-refractivity contribution in [1.29, 1.82) is 0 Å². The molecule has 0 saturated heterocycles. The zero-order chi connectivity index (χ0) is 8.27. The molecular formula is C7H9NO2S. The van der Waals surface area contributed by atoms with Gasteiger partial charge in [-0.2, -0.15) is 0 Å². The summed E-state index contributed by atoms with van der Waals surface area (Å²) in [5, 5.41) is 0.842. The summed E-state index contributed by atoms with van der Waals surface area (Å²) in [6, 6.07) is 0. The maximum absolute atomic E-state index is 9.95. The van der Waals surface area contributed by atoms with Crippen LogP contribution in [-0.4, -0.2) is 11.5 Å². The van der Waals surface area contributed by atoms with E-state index in [1.165, 1.54) is 0 Å². The highest BCUT2D eigenvalue weighted by Gasteiger charge is 2.08. The van der Waals surface area contributed by atoms with Crippen LogP contribution in [0, 0.1) is 6.92 Å². The maximum atomic E-state index is 9.95. The van der Waals surface area contributed by atoms with Crippen LogP contribution < -0.4 is 0 Å². The number of rotatable bonds is 3. The van der Waals surface area contributed by atoms with Gasteiger partial charge in [0.2, 0.25) is 0 Å². The smallest absolute Gasteiger partial charge is 0.293 e. The van der Waals surface area contributed by atoms with E-state index in [9.17, 15) is 4.79 Å². The van der Waals surface area contributed by atoms with Crippen LogP contribution in [0.3, 0.4) is 0 Å². The Morgan fingerprint density at radius 2 is 2.55 bits per heavy atom. The minimum atomic E-state index is -0.216. The maximum Gasteiger partial charge on any atom is 0.293 e. The second-order valence-corrected chi connectivity index (χ2v) is 3.45. The lowest BCUT2D eigenvalue weighted by atomic mass is 10.4. The van der Waals surface area contributed by atoms with Crippen LogP contribution in [0.25, 0.3) is 0 Å². The normalized spacial score (nSPS) is 12.5. The van der Waals surface area contributed by atoms with E-state index >= 15 is 0 Å². The highest BCUT2D eigenvalue weighted by atomic mass is 32.1. The van der Waals surface area contributed by atoms with Crippen LogP contribution >= 0.6 is 11.3 Å². The Bertz CT molecular complexity index is 246. The molecule has 3 nitrogen and oxygen atoms in total. The fourth-order valence-electron chi connectivity index (χ4n) is 0.702. The molecule has 0 radical (unpaired) electrons. The molecule has 0 spiro atoms. The molecular weight excluding hydrogens is 162 g/mol. The first-order valence-corrected chi connectivity index (χ1v) is 4.07. The zero-order valence-electron chi connectivity index (χ0n) is 6.40. The van der Waals surface area contributed by atoms with Gasteiger partial charge >= 0.3 is 0 Å². The molecule has 1 aromatic rings. The average molecular weight is 171 g/mol. The van der Waals surface area contributed by atoms with Crippen LogP contribution in [-0.2, 0) is 9.53 Å². The molecule has 60 valence electrons. The topological polar surface area (TPSA) is 39.2 Å². The molecule has 0 N–H and O–H groups in total. The first-order valence-electron chi connectivity index (χ1n) is 3.25. The fourth-order valence-corrected chi connectivity index (χ4v) is 1.46. The molecule has 1 rings (SSSR count). The number of hydrogen-bond donors (Lipinski definition) is 0. The van der Waals surface area contributed by atoms with E-state index in [-0.39, 0.29) is 6.10 Å². The summed E-state index contributed by atoms with van der Waals surface area (Å²) in [6.07, 6.45) is 1.55. The molecule has 0 bridgehead atoms. The number of thiazole rings is 1. The summed E-state index contributed by atoms with van der Waals surface area (Å²) in [4.78, 5) is 15.1. The molecule has 4 heteroatoms. The van der Waals surface area contributed by atoms with Crippen molar-refractivity contribution in [3.8, 4) is 0 Å². The number of carbonyl (C=O) groups excluding carboxylic acids is 1. The Labute approximate surface area is 69.0 Å². The van der Waals surface area contributed by atoms with Gasteiger partial charge in [-0.05, 0) is 13.8 Å². The second kappa shape index (κ2) is 3.48. The van der Waals surface area contributed by atoms with E-state index in [0.29, 0.717) is 6.47 Å². The first kappa shape index (κ1) is 8.20. The van der Waals surface area contributed by atoms with Crippen molar-refractivity contribution < 1.29 is 9.53 Å². The third-order valence-electron chi connectivity index (χ3n) is 1.25. The van der Waals surface area contributed by atoms with Crippen LogP contribution in [0.1, 0.15) is 22.9 Å². The van der Waals surface area contributed by atoms with Crippen LogP contribution in [0.15, 0.2) is 6.20 Å². The van der Waals surface area contributed by atoms with E-state index in [1.807, 2.05) is 6.92 Å². The van der Waals surface area contributed by atoms with Gasteiger partial charge in [-0.3, -0.25) is 4.79 Å². The number of aromatic nitrogens is 1. The lowest BCUT2D eigenvalue weighted by Gasteiger charge is -2.03. The average Bonchev–Trinajstić information content (AvgIpc) is 2.36. The molecule has 0 aliphatic rings. The molecule has 0 aromatic carbocycles. The Morgan fingerprint density at radius 3 is 3.00 bits per heavy atom. The molecule has 0 amide bonds. The van der Waals surface area contributed by atoms with Crippen molar-refractivity contribution in [2.75, 3.05) is 0 Å². The summed E-state index contributed by atoms with van der Waals surface area (Å²) in [7, 11) is 0. The third kappa shape index (κ3) is 2.01. The van der Waals surface area contributed by atoms with Crippen molar-refractivity contribution in [1.82, 2.24) is 4.98 Å². The van der Waals surface area contributed by atoms with E-state index in [0.717, 1.165) is 9.88 Å². The van der Waals surface area contributed by atoms with E-state index in [1.54, 1.807) is 24.5 Å². The molecule has 1 heterocycles. The van der Waals surface area contributed by atoms with Crippen molar-refractivity contribution in [2.45, 2.75) is 20.0 Å². The van der Waals surface area contributed by atoms with Gasteiger partial charge in [0.1, 0.15) is 11.1 Å². The molecule has 11 heavy (non-hydrogen) atoms. The van der Waals surface area contributed by atoms with Crippen LogP contribution in [0.4, 0.5) is 0 Å². The summed E-state index contributed by atoms with van der Waals surface area (Å²) >= 11 is 1.54. The van der Waals surface area contributed by atoms with Crippen LogP contribution in [0.2, 0.25) is 0 Å². The summed E-state index contributed by atoms with van der Waals surface area (Å²) in [6.45, 7) is 4.21. The summed E-state index contributed by atoms with van der Waals surface area (Å²) in [5.41, 5.74) is 0. The molecule has 1 aromatic heterocycles. The van der Waals surface area contributed by atoms with Crippen molar-refractivity contribution in [3.63, 3.8) is 0 Å². The summed E-state index contributed by atoms with van der Waals surface area (Å²) in [5.74, 6) is 0. The van der Waals surface area contributed by atoms with Crippen molar-refractivity contribution in [3.05, 3.63) is 16.1 Å². The lowest BCUT2D eigenvalue weighted by Crippen LogP contribution is -1.96. The molecule has 0 fully saturated rings. The number of carbonyl (C=O) groups is 1. The van der Waals surface area contributed by atoms with Gasteiger partial charge in [0.25, 0.3) is 6.47 Å². The zero-order valence-corrected chi connectivity index (χ0v) is 7.22. The van der Waals surface area contributed by atoms with E-state index < -0.39 is 0 Å². The van der Waals surface area contributed by atoms with Gasteiger partial charge in [-0.15, -0.1) is 11.3 Å². The minimum absolute atomic E-state index is 0.216. The lowest BCUT2D eigenvalue weighted by molar-refractivity contribution is -0.133. The minimum Gasteiger partial charge on any atom is -0.457 e. The Kier molecular flexibility index (Phi) is 2.59. The SMILES string of the molecule is Cc1cnc(C(C)OC=O)s1. The standard InChI is InChI=1S/C7H9NO2S/c1-5-3-8-7(11-5)6(2)10-4-9/h3-4,6H,1-2H3. The Hall–Kier alpha value is -0.900. The van der Waals surface area contributed by atoms with Crippen molar-refractivity contribution in [2.24, 2.45) is 0 Å². The highest BCUT2D eigenvalue weighted by molar-refractivity contribution is 7.11. The number of hydrogen-bond acceptors (Lipinski definition) is 4. The predicted molar refractivity (Wildman–Crippen MR) is 42.4 cm³/mol. The predicted octanol–water partition coefficient (Wildman–Crippen LogP) is 1.69. The summed E-state index contributed by atoms with van der Waals surface area (Å²) < 4.78 is 4.71. The van der Waals surface area contributed by atoms with Gasteiger partial charge in [-0.25, -0.2) is 4.98 Å². The monoisotopic (exact) mass is 171 g/mol. The second-order valence-electron chi connectivity index (χ2n) is 2.18. The molecule has 0 saturated carbocycles. The fraction of sp³-hybridized carbons (Fsp3) is 0.429. The number of aryl methyl sites for hydroxylation is 1. The quantitative estimate of drug-likeness (QED) is 0.649. The molecule has 0 aliphatic heterocycles. The highest BCUT2D eigenvalue weighted by Crippen LogP contribution is 2.20. The largest absolute Gasteiger partial charge is 0.457 e. The Balaban J connectivity index is 2.67. The van der Waals surface area contributed by atoms with Gasteiger partial charge in [0.15, 0.2) is 0 Å². The van der Waals surface area contributed by atoms with Gasteiger partial charge in [0.05, 0.1) is 0 Å². The van der Waals surface area contributed by atoms with Crippen molar-refractivity contribution >= 4 is 17.8 Å². The first-order chi connectivity index (χ1) is 5.24. The van der Waals surface area contributed by atoms with E-state index in [2.05, 4.69) is 4.98 Å². The van der Waals surface area contributed by atoms with E-state index in [4.69, 9.17) is 4.74 Å². The number of ether oxygens (including phenoxy) is 1. The van der Waals surface area contributed by atoms with Gasteiger partial charge in [-0.1, -0.05) is 0 Å². The Morgan fingerprint density at radius 1 is 1.82 bits per heavy atom. The molecule has 1 unspecified atom stereocenters. The molecule has 1 atom stereocenters. The van der Waals surface area contributed by atoms with Crippen LogP contribution in [0.5, 0.6) is 0 Å². The number of nitrogens with zero attached hydrogens (tertiary/aromatic N) is 1. The third-order valence-corrected chi connectivity index (χ3v) is 2.32.